The summed E-state index contributed by atoms with van der Waals surface area (Å²) in [5.74, 6) is 0. The Labute approximate surface area is 112 Å². The van der Waals surface area contributed by atoms with Crippen LogP contribution >= 0.6 is 27.3 Å². The van der Waals surface area contributed by atoms with Gasteiger partial charge in [0.1, 0.15) is 5.01 Å². The molecule has 3 rings (SSSR count). The predicted octanol–water partition coefficient (Wildman–Crippen LogP) is 4.86. The maximum absolute atomic E-state index is 4.59. The van der Waals surface area contributed by atoms with Crippen LogP contribution in [0.25, 0.3) is 21.3 Å². The molecule has 0 N–H and O–H groups in total. The van der Waals surface area contributed by atoms with Gasteiger partial charge in [-0.25, -0.2) is 4.98 Å². The first kappa shape index (κ1) is 10.9. The van der Waals surface area contributed by atoms with Crippen LogP contribution in [0, 0.1) is 0 Å². The van der Waals surface area contributed by atoms with Crippen molar-refractivity contribution in [2.75, 3.05) is 0 Å². The molecule has 1 aromatic heterocycles. The first-order chi connectivity index (χ1) is 8.38. The van der Waals surface area contributed by atoms with Crippen molar-refractivity contribution in [1.82, 2.24) is 4.98 Å². The fourth-order valence-corrected chi connectivity index (χ4v) is 3.31. The predicted molar refractivity (Wildman–Crippen MR) is 77.7 cm³/mol. The highest BCUT2D eigenvalue weighted by Crippen LogP contribution is 2.33. The fraction of sp³-hybridized carbons (Fsp3) is 0.0714. The number of halogens is 1. The molecule has 1 nitrogen and oxygen atoms in total. The van der Waals surface area contributed by atoms with Crippen LogP contribution in [0.2, 0.25) is 0 Å². The van der Waals surface area contributed by atoms with E-state index in [9.17, 15) is 0 Å². The van der Waals surface area contributed by atoms with Crippen LogP contribution in [0.5, 0.6) is 0 Å². The molecule has 0 aliphatic rings. The molecule has 3 heteroatoms. The number of thiazole rings is 1. The molecule has 0 aliphatic heterocycles. The molecule has 2 aromatic carbocycles. The summed E-state index contributed by atoms with van der Waals surface area (Å²) in [6.07, 6.45) is 0. The summed E-state index contributed by atoms with van der Waals surface area (Å²) < 4.78 is 1.27. The van der Waals surface area contributed by atoms with E-state index in [1.807, 2.05) is 6.07 Å². The molecule has 0 bridgehead atoms. The summed E-state index contributed by atoms with van der Waals surface area (Å²) in [5.41, 5.74) is 3.61. The molecule has 0 radical (unpaired) electrons. The van der Waals surface area contributed by atoms with E-state index < -0.39 is 0 Å². The van der Waals surface area contributed by atoms with Gasteiger partial charge in [0, 0.05) is 5.56 Å². The number of benzene rings is 2. The summed E-state index contributed by atoms with van der Waals surface area (Å²) in [6.45, 7) is 0. The third-order valence-corrected chi connectivity index (χ3v) is 4.67. The van der Waals surface area contributed by atoms with E-state index >= 15 is 0 Å². The quantitative estimate of drug-likeness (QED) is 0.616. The number of hydrogen-bond acceptors (Lipinski definition) is 2. The minimum absolute atomic E-state index is 0.820. The molecule has 0 aliphatic carbocycles. The molecule has 17 heavy (non-hydrogen) atoms. The number of fused-ring (bicyclic) bond motifs is 1. The van der Waals surface area contributed by atoms with Crippen molar-refractivity contribution in [2.24, 2.45) is 0 Å². The summed E-state index contributed by atoms with van der Waals surface area (Å²) >= 11 is 5.23. The number of alkyl halides is 1. The van der Waals surface area contributed by atoms with E-state index in [1.54, 1.807) is 11.3 Å². The molecule has 1 heterocycles. The van der Waals surface area contributed by atoms with Gasteiger partial charge in [0.05, 0.1) is 15.5 Å². The van der Waals surface area contributed by atoms with Crippen LogP contribution in [0.3, 0.4) is 0 Å². The van der Waals surface area contributed by atoms with Gasteiger partial charge in [0.2, 0.25) is 0 Å². The number of aromatic nitrogens is 1. The van der Waals surface area contributed by atoms with E-state index in [4.69, 9.17) is 0 Å². The standard InChI is InChI=1S/C14H10BrNS/c15-9-13-16-12-8-4-7-11(14(12)17-13)10-5-2-1-3-6-10/h1-8H,9H2. The van der Waals surface area contributed by atoms with Gasteiger partial charge >= 0.3 is 0 Å². The van der Waals surface area contributed by atoms with Gasteiger partial charge in [-0.3, -0.25) is 0 Å². The van der Waals surface area contributed by atoms with E-state index in [0.717, 1.165) is 15.9 Å². The largest absolute Gasteiger partial charge is 0.240 e. The van der Waals surface area contributed by atoms with E-state index in [0.29, 0.717) is 0 Å². The number of hydrogen-bond donors (Lipinski definition) is 0. The monoisotopic (exact) mass is 303 g/mol. The van der Waals surface area contributed by atoms with Gasteiger partial charge < -0.3 is 0 Å². The molecule has 0 amide bonds. The van der Waals surface area contributed by atoms with Crippen molar-refractivity contribution in [3.63, 3.8) is 0 Å². The van der Waals surface area contributed by atoms with Crippen molar-refractivity contribution in [3.05, 3.63) is 53.5 Å². The summed E-state index contributed by atoms with van der Waals surface area (Å²) in [5, 5.41) is 1.95. The van der Waals surface area contributed by atoms with Crippen molar-refractivity contribution in [3.8, 4) is 11.1 Å². The second-order valence-corrected chi connectivity index (χ2v) is 5.41. The lowest BCUT2D eigenvalue weighted by molar-refractivity contribution is 1.32. The molecule has 0 saturated heterocycles. The molecule has 0 saturated carbocycles. The Bertz CT molecular complexity index is 646. The summed E-state index contributed by atoms with van der Waals surface area (Å²) in [7, 11) is 0. The van der Waals surface area contributed by atoms with Crippen molar-refractivity contribution < 1.29 is 0 Å². The van der Waals surface area contributed by atoms with E-state index in [-0.39, 0.29) is 0 Å². The van der Waals surface area contributed by atoms with Gasteiger partial charge in [-0.05, 0) is 11.6 Å². The highest BCUT2D eigenvalue weighted by molar-refractivity contribution is 9.08. The van der Waals surface area contributed by atoms with Gasteiger partial charge in [-0.2, -0.15) is 0 Å². The highest BCUT2D eigenvalue weighted by atomic mass is 79.9. The average Bonchev–Trinajstić information content (AvgIpc) is 2.82. The van der Waals surface area contributed by atoms with Crippen LogP contribution in [0.1, 0.15) is 5.01 Å². The van der Waals surface area contributed by atoms with Crippen LogP contribution in [-0.2, 0) is 5.33 Å². The van der Waals surface area contributed by atoms with Crippen molar-refractivity contribution in [2.45, 2.75) is 5.33 Å². The Balaban J connectivity index is 2.26. The average molecular weight is 304 g/mol. The maximum atomic E-state index is 4.59. The normalized spacial score (nSPS) is 10.9. The smallest absolute Gasteiger partial charge is 0.104 e. The van der Waals surface area contributed by atoms with Crippen LogP contribution in [0.4, 0.5) is 0 Å². The fourth-order valence-electron chi connectivity index (χ4n) is 1.90. The number of rotatable bonds is 2. The molecule has 0 unspecified atom stereocenters. The zero-order chi connectivity index (χ0) is 11.7. The van der Waals surface area contributed by atoms with Crippen LogP contribution in [0.15, 0.2) is 48.5 Å². The maximum Gasteiger partial charge on any atom is 0.104 e. The van der Waals surface area contributed by atoms with Crippen molar-refractivity contribution >= 4 is 37.5 Å². The minimum Gasteiger partial charge on any atom is -0.240 e. The topological polar surface area (TPSA) is 12.9 Å². The first-order valence-electron chi connectivity index (χ1n) is 5.38. The van der Waals surface area contributed by atoms with Gasteiger partial charge in [0.15, 0.2) is 0 Å². The Morgan fingerprint density at radius 2 is 1.82 bits per heavy atom. The molecule has 0 fully saturated rings. The number of nitrogens with zero attached hydrogens (tertiary/aromatic N) is 1. The van der Waals surface area contributed by atoms with Gasteiger partial charge in [-0.1, -0.05) is 58.4 Å². The SMILES string of the molecule is BrCc1nc2cccc(-c3ccccc3)c2s1. The van der Waals surface area contributed by atoms with E-state index in [2.05, 4.69) is 63.4 Å². The zero-order valence-electron chi connectivity index (χ0n) is 9.06. The summed E-state index contributed by atoms with van der Waals surface area (Å²) in [4.78, 5) is 4.59. The molecule has 0 atom stereocenters. The Morgan fingerprint density at radius 1 is 1.00 bits per heavy atom. The Hall–Kier alpha value is -1.19. The third kappa shape index (κ3) is 2.01. The highest BCUT2D eigenvalue weighted by Gasteiger charge is 2.08. The molecular formula is C14H10BrNS. The lowest BCUT2D eigenvalue weighted by Gasteiger charge is -2.01. The summed E-state index contributed by atoms with van der Waals surface area (Å²) in [6, 6.07) is 16.8. The van der Waals surface area contributed by atoms with E-state index in [1.165, 1.54) is 15.8 Å². The van der Waals surface area contributed by atoms with Gasteiger partial charge in [-0.15, -0.1) is 11.3 Å². The molecular weight excluding hydrogens is 294 g/mol. The Kier molecular flexibility index (Phi) is 2.95. The van der Waals surface area contributed by atoms with Gasteiger partial charge in [0.25, 0.3) is 0 Å². The minimum atomic E-state index is 0.820. The van der Waals surface area contributed by atoms with Crippen LogP contribution < -0.4 is 0 Å². The lowest BCUT2D eigenvalue weighted by atomic mass is 10.1. The Morgan fingerprint density at radius 3 is 2.59 bits per heavy atom. The molecule has 0 spiro atoms. The first-order valence-corrected chi connectivity index (χ1v) is 7.32. The second-order valence-electron chi connectivity index (χ2n) is 3.76. The molecule has 84 valence electrons. The third-order valence-electron chi connectivity index (χ3n) is 2.66. The lowest BCUT2D eigenvalue weighted by Crippen LogP contribution is -1.77. The van der Waals surface area contributed by atoms with Crippen molar-refractivity contribution in [1.29, 1.82) is 0 Å². The second kappa shape index (κ2) is 4.59. The van der Waals surface area contributed by atoms with Crippen LogP contribution in [-0.4, -0.2) is 4.98 Å². The molecule has 3 aromatic rings. The zero-order valence-corrected chi connectivity index (χ0v) is 11.5.